The average molecular weight is 433 g/mol. The number of nitrogens with zero attached hydrogens (tertiary/aromatic N) is 2. The van der Waals surface area contributed by atoms with E-state index in [1.165, 1.54) is 29.3 Å². The molecular weight excluding hydrogens is 412 g/mol. The molecule has 25 heavy (non-hydrogen) atoms. The fourth-order valence-electron chi connectivity index (χ4n) is 3.46. The summed E-state index contributed by atoms with van der Waals surface area (Å²) >= 11 is 3.15. The first kappa shape index (κ1) is 18.8. The number of nitro groups is 1. The van der Waals surface area contributed by atoms with Crippen LogP contribution in [-0.2, 0) is 14.8 Å². The van der Waals surface area contributed by atoms with Gasteiger partial charge in [0.15, 0.2) is 0 Å². The molecule has 2 aliphatic rings. The lowest BCUT2D eigenvalue weighted by Crippen LogP contribution is -2.41. The Hall–Kier alpha value is -1.03. The van der Waals surface area contributed by atoms with Crippen LogP contribution in [0.4, 0.5) is 5.69 Å². The Bertz CT molecular complexity index is 741. The molecule has 138 valence electrons. The van der Waals surface area contributed by atoms with Gasteiger partial charge in [0, 0.05) is 29.7 Å². The molecule has 0 aromatic heterocycles. The number of ether oxygens (including phenoxy) is 1. The van der Waals surface area contributed by atoms with Gasteiger partial charge in [-0.3, -0.25) is 10.1 Å². The molecule has 1 aromatic rings. The minimum atomic E-state index is -3.75. The molecule has 2 fully saturated rings. The summed E-state index contributed by atoms with van der Waals surface area (Å²) < 4.78 is 33.5. The Morgan fingerprint density at radius 2 is 1.68 bits per heavy atom. The van der Waals surface area contributed by atoms with E-state index in [1.807, 2.05) is 0 Å². The van der Waals surface area contributed by atoms with Gasteiger partial charge in [-0.25, -0.2) is 8.42 Å². The molecule has 7 nitrogen and oxygen atoms in total. The molecule has 0 N–H and O–H groups in total. The van der Waals surface area contributed by atoms with Gasteiger partial charge >= 0.3 is 0 Å². The Morgan fingerprint density at radius 3 is 2.28 bits per heavy atom. The highest BCUT2D eigenvalue weighted by molar-refractivity contribution is 9.10. The van der Waals surface area contributed by atoms with Crippen molar-refractivity contribution in [2.24, 2.45) is 0 Å². The van der Waals surface area contributed by atoms with E-state index in [1.54, 1.807) is 0 Å². The minimum Gasteiger partial charge on any atom is -0.375 e. The Balaban J connectivity index is 1.68. The molecule has 3 rings (SSSR count). The van der Waals surface area contributed by atoms with E-state index in [0.29, 0.717) is 36.5 Å². The monoisotopic (exact) mass is 432 g/mol. The summed E-state index contributed by atoms with van der Waals surface area (Å²) in [4.78, 5) is 10.3. The molecule has 1 heterocycles. The molecule has 1 saturated carbocycles. The van der Waals surface area contributed by atoms with Crippen LogP contribution in [-0.4, -0.2) is 42.9 Å². The van der Waals surface area contributed by atoms with Gasteiger partial charge in [-0.2, -0.15) is 4.31 Å². The summed E-state index contributed by atoms with van der Waals surface area (Å²) in [7, 11) is -3.75. The highest BCUT2D eigenvalue weighted by Gasteiger charge is 2.32. The largest absolute Gasteiger partial charge is 0.375 e. The lowest BCUT2D eigenvalue weighted by Gasteiger charge is -2.32. The molecule has 0 amide bonds. The molecule has 9 heteroatoms. The number of nitro benzene ring substituents is 1. The van der Waals surface area contributed by atoms with Crippen molar-refractivity contribution in [2.75, 3.05) is 13.1 Å². The molecular formula is C16H21BrN2O5S. The lowest BCUT2D eigenvalue weighted by atomic mass is 10.1. The van der Waals surface area contributed by atoms with Crippen molar-refractivity contribution in [2.45, 2.75) is 55.6 Å². The van der Waals surface area contributed by atoms with Crippen LogP contribution in [0.5, 0.6) is 0 Å². The van der Waals surface area contributed by atoms with E-state index in [0.717, 1.165) is 18.9 Å². The number of hydrogen-bond acceptors (Lipinski definition) is 5. The fraction of sp³-hybridized carbons (Fsp3) is 0.625. The Kier molecular flexibility index (Phi) is 5.77. The summed E-state index contributed by atoms with van der Waals surface area (Å²) in [6.07, 6.45) is 6.35. The highest BCUT2D eigenvalue weighted by atomic mass is 79.9. The van der Waals surface area contributed by atoms with Crippen LogP contribution >= 0.6 is 15.9 Å². The molecule has 0 radical (unpaired) electrons. The number of non-ortho nitro benzene ring substituents is 1. The van der Waals surface area contributed by atoms with E-state index < -0.39 is 14.9 Å². The van der Waals surface area contributed by atoms with Crippen molar-refractivity contribution in [1.29, 1.82) is 0 Å². The number of benzene rings is 1. The normalized spacial score (nSPS) is 20.8. The first-order valence-corrected chi connectivity index (χ1v) is 10.7. The number of rotatable bonds is 5. The van der Waals surface area contributed by atoms with Gasteiger partial charge in [-0.15, -0.1) is 0 Å². The molecule has 0 atom stereocenters. The fourth-order valence-corrected chi connectivity index (χ4v) is 5.62. The second-order valence-electron chi connectivity index (χ2n) is 6.55. The predicted molar refractivity (Wildman–Crippen MR) is 95.9 cm³/mol. The lowest BCUT2D eigenvalue weighted by molar-refractivity contribution is -0.385. The van der Waals surface area contributed by atoms with Gasteiger partial charge in [0.25, 0.3) is 5.69 Å². The summed E-state index contributed by atoms with van der Waals surface area (Å²) in [5.41, 5.74) is -0.243. The van der Waals surface area contributed by atoms with E-state index in [2.05, 4.69) is 15.9 Å². The van der Waals surface area contributed by atoms with Crippen molar-refractivity contribution < 1.29 is 18.1 Å². The number of halogens is 1. The zero-order chi connectivity index (χ0) is 18.0. The van der Waals surface area contributed by atoms with Crippen LogP contribution in [0, 0.1) is 10.1 Å². The molecule has 0 spiro atoms. The van der Waals surface area contributed by atoms with Crippen LogP contribution in [0.2, 0.25) is 0 Å². The van der Waals surface area contributed by atoms with E-state index in [-0.39, 0.29) is 16.7 Å². The Labute approximate surface area is 155 Å². The summed E-state index contributed by atoms with van der Waals surface area (Å²) in [5, 5.41) is 11.0. The van der Waals surface area contributed by atoms with Crippen molar-refractivity contribution in [1.82, 2.24) is 4.31 Å². The van der Waals surface area contributed by atoms with Gasteiger partial charge in [-0.1, -0.05) is 28.8 Å². The van der Waals surface area contributed by atoms with Gasteiger partial charge in [-0.05, 0) is 31.7 Å². The number of sulfonamides is 1. The van der Waals surface area contributed by atoms with Gasteiger partial charge in [0.05, 0.1) is 22.0 Å². The van der Waals surface area contributed by atoms with Crippen LogP contribution in [0.25, 0.3) is 0 Å². The smallest absolute Gasteiger partial charge is 0.271 e. The maximum Gasteiger partial charge on any atom is 0.271 e. The molecule has 1 aliphatic heterocycles. The topological polar surface area (TPSA) is 89.8 Å². The second kappa shape index (κ2) is 7.69. The van der Waals surface area contributed by atoms with Crippen LogP contribution in [0.15, 0.2) is 27.6 Å². The molecule has 1 saturated heterocycles. The second-order valence-corrected chi connectivity index (χ2v) is 9.40. The summed E-state index contributed by atoms with van der Waals surface area (Å²) in [5.74, 6) is 0. The maximum atomic E-state index is 12.8. The summed E-state index contributed by atoms with van der Waals surface area (Å²) in [6.45, 7) is 0.750. The SMILES string of the molecule is O=[N+]([O-])c1cc(Br)cc(S(=O)(=O)N2CCC(OC3CCCC3)CC2)c1. The number of hydrogen-bond donors (Lipinski definition) is 0. The molecule has 1 aliphatic carbocycles. The summed E-state index contributed by atoms with van der Waals surface area (Å²) in [6, 6.07) is 3.81. The first-order valence-electron chi connectivity index (χ1n) is 8.47. The molecule has 1 aromatic carbocycles. The van der Waals surface area contributed by atoms with Crippen molar-refractivity contribution >= 4 is 31.6 Å². The van der Waals surface area contributed by atoms with Gasteiger partial charge < -0.3 is 4.74 Å². The van der Waals surface area contributed by atoms with E-state index >= 15 is 0 Å². The van der Waals surface area contributed by atoms with Crippen molar-refractivity contribution in [3.8, 4) is 0 Å². The van der Waals surface area contributed by atoms with Crippen LogP contribution < -0.4 is 0 Å². The zero-order valence-electron chi connectivity index (χ0n) is 13.8. The molecule has 0 bridgehead atoms. The first-order chi connectivity index (χ1) is 11.9. The highest BCUT2D eigenvalue weighted by Crippen LogP contribution is 2.30. The predicted octanol–water partition coefficient (Wildman–Crippen LogP) is 3.47. The van der Waals surface area contributed by atoms with Crippen molar-refractivity contribution in [3.05, 3.63) is 32.8 Å². The third-order valence-electron chi connectivity index (χ3n) is 4.79. The van der Waals surface area contributed by atoms with Gasteiger partial charge in [0.1, 0.15) is 0 Å². The van der Waals surface area contributed by atoms with Gasteiger partial charge in [0.2, 0.25) is 10.0 Å². The number of piperidine rings is 1. The zero-order valence-corrected chi connectivity index (χ0v) is 16.2. The van der Waals surface area contributed by atoms with Crippen LogP contribution in [0.1, 0.15) is 38.5 Å². The Morgan fingerprint density at radius 1 is 1.08 bits per heavy atom. The standard InChI is InChI=1S/C16H21BrN2O5S/c17-12-9-13(19(20)21)11-16(10-12)25(22,23)18-7-5-15(6-8-18)24-14-3-1-2-4-14/h9-11,14-15H,1-8H2. The molecule has 0 unspecified atom stereocenters. The van der Waals surface area contributed by atoms with E-state index in [9.17, 15) is 18.5 Å². The third kappa shape index (κ3) is 4.39. The average Bonchev–Trinajstić information content (AvgIpc) is 3.07. The minimum absolute atomic E-state index is 0.0521. The quantitative estimate of drug-likeness (QED) is 0.524. The van der Waals surface area contributed by atoms with E-state index in [4.69, 9.17) is 4.74 Å². The third-order valence-corrected chi connectivity index (χ3v) is 7.13. The van der Waals surface area contributed by atoms with Crippen LogP contribution in [0.3, 0.4) is 0 Å². The maximum absolute atomic E-state index is 12.8. The van der Waals surface area contributed by atoms with Crippen molar-refractivity contribution in [3.63, 3.8) is 0 Å².